The Kier molecular flexibility index (Phi) is 6.14. The number of aryl methyl sites for hydroxylation is 1. The number of carbonyl (C=O) groups is 2. The van der Waals surface area contributed by atoms with E-state index in [9.17, 15) is 9.59 Å². The standard InChI is InChI=1S/C18H19ClN4O2/c1-4-9-20-17(24)18(25)22-21-11-14-10-12(2)23(13(14)3)16-7-5-15(19)6-8-16/h4-8,10-11H,1,9H2,2-3H3,(H,20,24)(H,22,25)/b21-11-. The molecule has 2 aromatic rings. The van der Waals surface area contributed by atoms with Crippen LogP contribution in [0.1, 0.15) is 17.0 Å². The van der Waals surface area contributed by atoms with Crippen LogP contribution in [0.5, 0.6) is 0 Å². The fraction of sp³-hybridized carbons (Fsp3) is 0.167. The second-order valence-electron chi connectivity index (χ2n) is 5.34. The molecule has 0 unspecified atom stereocenters. The average Bonchev–Trinajstić information content (AvgIpc) is 2.87. The number of aromatic nitrogens is 1. The first-order chi connectivity index (χ1) is 11.9. The number of hydrazone groups is 1. The number of halogens is 1. The first-order valence-electron chi connectivity index (χ1n) is 7.61. The molecule has 2 N–H and O–H groups in total. The van der Waals surface area contributed by atoms with Gasteiger partial charge in [0.2, 0.25) is 0 Å². The zero-order valence-corrected chi connectivity index (χ0v) is 14.8. The van der Waals surface area contributed by atoms with Crippen LogP contribution in [0, 0.1) is 13.8 Å². The highest BCUT2D eigenvalue weighted by Gasteiger charge is 2.12. The summed E-state index contributed by atoms with van der Waals surface area (Å²) in [7, 11) is 0. The lowest BCUT2D eigenvalue weighted by molar-refractivity contribution is -0.139. The number of hydrogen-bond donors (Lipinski definition) is 2. The van der Waals surface area contributed by atoms with Crippen LogP contribution in [0.25, 0.3) is 5.69 Å². The molecule has 0 atom stereocenters. The normalized spacial score (nSPS) is 10.7. The lowest BCUT2D eigenvalue weighted by Crippen LogP contribution is -2.37. The van der Waals surface area contributed by atoms with Crippen molar-refractivity contribution in [3.63, 3.8) is 0 Å². The molecule has 0 saturated carbocycles. The van der Waals surface area contributed by atoms with Gasteiger partial charge in [-0.05, 0) is 44.2 Å². The average molecular weight is 359 g/mol. The van der Waals surface area contributed by atoms with Gasteiger partial charge in [0.25, 0.3) is 0 Å². The molecule has 1 aromatic carbocycles. The first kappa shape index (κ1) is 18.5. The zero-order valence-electron chi connectivity index (χ0n) is 14.0. The van der Waals surface area contributed by atoms with Crippen LogP contribution in [0.4, 0.5) is 0 Å². The van der Waals surface area contributed by atoms with Crippen LogP contribution < -0.4 is 10.7 Å². The molecule has 7 heteroatoms. The molecule has 6 nitrogen and oxygen atoms in total. The highest BCUT2D eigenvalue weighted by Crippen LogP contribution is 2.21. The van der Waals surface area contributed by atoms with Crippen molar-refractivity contribution in [3.05, 3.63) is 65.0 Å². The van der Waals surface area contributed by atoms with Crippen molar-refractivity contribution in [3.8, 4) is 5.69 Å². The molecule has 0 aliphatic heterocycles. The maximum Gasteiger partial charge on any atom is 0.329 e. The number of benzene rings is 1. The molecule has 1 heterocycles. The molecule has 2 amide bonds. The first-order valence-corrected chi connectivity index (χ1v) is 7.99. The maximum absolute atomic E-state index is 11.6. The number of amides is 2. The molecule has 0 radical (unpaired) electrons. The molecule has 25 heavy (non-hydrogen) atoms. The van der Waals surface area contributed by atoms with Gasteiger partial charge in [0.15, 0.2) is 0 Å². The smallest absolute Gasteiger partial charge is 0.329 e. The summed E-state index contributed by atoms with van der Waals surface area (Å²) < 4.78 is 2.05. The van der Waals surface area contributed by atoms with Crippen molar-refractivity contribution >= 4 is 29.6 Å². The van der Waals surface area contributed by atoms with E-state index in [4.69, 9.17) is 11.6 Å². The van der Waals surface area contributed by atoms with Gasteiger partial charge in [-0.1, -0.05) is 17.7 Å². The quantitative estimate of drug-likeness (QED) is 0.373. The summed E-state index contributed by atoms with van der Waals surface area (Å²) in [5, 5.41) is 6.89. The third-order valence-electron chi connectivity index (χ3n) is 3.54. The van der Waals surface area contributed by atoms with Crippen LogP contribution in [0.15, 0.2) is 48.1 Å². The van der Waals surface area contributed by atoms with Crippen molar-refractivity contribution in [1.82, 2.24) is 15.3 Å². The topological polar surface area (TPSA) is 75.5 Å². The minimum Gasteiger partial charge on any atom is -0.344 e. The van der Waals surface area contributed by atoms with E-state index in [0.29, 0.717) is 5.02 Å². The highest BCUT2D eigenvalue weighted by molar-refractivity contribution is 6.35. The Morgan fingerprint density at radius 2 is 1.92 bits per heavy atom. The van der Waals surface area contributed by atoms with E-state index in [1.165, 1.54) is 12.3 Å². The van der Waals surface area contributed by atoms with Gasteiger partial charge < -0.3 is 9.88 Å². The van der Waals surface area contributed by atoms with Crippen LogP contribution in [0.2, 0.25) is 5.02 Å². The van der Waals surface area contributed by atoms with Gasteiger partial charge in [-0.15, -0.1) is 6.58 Å². The Morgan fingerprint density at radius 1 is 1.24 bits per heavy atom. The molecule has 0 aliphatic carbocycles. The van der Waals surface area contributed by atoms with E-state index in [0.717, 1.165) is 22.6 Å². The Bertz CT molecular complexity index is 822. The Hall–Kier alpha value is -2.86. The second-order valence-corrected chi connectivity index (χ2v) is 5.77. The van der Waals surface area contributed by atoms with Crippen molar-refractivity contribution in [2.45, 2.75) is 13.8 Å². The third kappa shape index (κ3) is 4.58. The predicted molar refractivity (Wildman–Crippen MR) is 99.2 cm³/mol. The van der Waals surface area contributed by atoms with Gasteiger partial charge in [-0.3, -0.25) is 9.59 Å². The summed E-state index contributed by atoms with van der Waals surface area (Å²) in [6.45, 7) is 7.60. The van der Waals surface area contributed by atoms with Gasteiger partial charge in [0, 0.05) is 34.2 Å². The number of hydrogen-bond acceptors (Lipinski definition) is 3. The van der Waals surface area contributed by atoms with E-state index >= 15 is 0 Å². The molecule has 0 saturated heterocycles. The summed E-state index contributed by atoms with van der Waals surface area (Å²) in [5.41, 5.74) is 5.97. The fourth-order valence-electron chi connectivity index (χ4n) is 2.36. The van der Waals surface area contributed by atoms with Crippen LogP contribution in [-0.4, -0.2) is 29.1 Å². The third-order valence-corrected chi connectivity index (χ3v) is 3.79. The van der Waals surface area contributed by atoms with Crippen molar-refractivity contribution in [1.29, 1.82) is 0 Å². The summed E-state index contributed by atoms with van der Waals surface area (Å²) in [5.74, 6) is -1.59. The van der Waals surface area contributed by atoms with E-state index in [1.54, 1.807) is 0 Å². The number of carbonyl (C=O) groups excluding carboxylic acids is 2. The van der Waals surface area contributed by atoms with E-state index in [2.05, 4.69) is 27.0 Å². The molecule has 130 valence electrons. The monoisotopic (exact) mass is 358 g/mol. The molecule has 0 spiro atoms. The molecular formula is C18H19ClN4O2. The molecule has 2 rings (SSSR count). The minimum absolute atomic E-state index is 0.220. The lowest BCUT2D eigenvalue weighted by Gasteiger charge is -2.09. The Balaban J connectivity index is 2.12. The number of rotatable bonds is 5. The van der Waals surface area contributed by atoms with Crippen LogP contribution >= 0.6 is 11.6 Å². The van der Waals surface area contributed by atoms with Gasteiger partial charge in [-0.25, -0.2) is 5.43 Å². The molecule has 0 aliphatic rings. The lowest BCUT2D eigenvalue weighted by atomic mass is 10.2. The second kappa shape index (κ2) is 8.30. The van der Waals surface area contributed by atoms with E-state index < -0.39 is 11.8 Å². The predicted octanol–water partition coefficient (Wildman–Crippen LogP) is 2.50. The number of nitrogens with one attached hydrogen (secondary N) is 2. The minimum atomic E-state index is -0.829. The van der Waals surface area contributed by atoms with Gasteiger partial charge in [0.05, 0.1) is 6.21 Å². The molecule has 0 bridgehead atoms. The Morgan fingerprint density at radius 3 is 2.56 bits per heavy atom. The molecular weight excluding hydrogens is 340 g/mol. The molecule has 1 aromatic heterocycles. The summed E-state index contributed by atoms with van der Waals surface area (Å²) in [4.78, 5) is 23.0. The maximum atomic E-state index is 11.6. The van der Waals surface area contributed by atoms with Gasteiger partial charge >= 0.3 is 11.8 Å². The molecule has 0 fully saturated rings. The largest absolute Gasteiger partial charge is 0.344 e. The van der Waals surface area contributed by atoms with E-state index in [-0.39, 0.29) is 6.54 Å². The van der Waals surface area contributed by atoms with Crippen molar-refractivity contribution < 1.29 is 9.59 Å². The summed E-state index contributed by atoms with van der Waals surface area (Å²) in [6, 6.07) is 9.44. The van der Waals surface area contributed by atoms with Crippen molar-refractivity contribution in [2.75, 3.05) is 6.54 Å². The van der Waals surface area contributed by atoms with E-state index in [1.807, 2.05) is 44.2 Å². The van der Waals surface area contributed by atoms with Gasteiger partial charge in [0.1, 0.15) is 0 Å². The zero-order chi connectivity index (χ0) is 18.4. The van der Waals surface area contributed by atoms with Gasteiger partial charge in [-0.2, -0.15) is 5.10 Å². The Labute approximate surface area is 151 Å². The van der Waals surface area contributed by atoms with Crippen LogP contribution in [-0.2, 0) is 9.59 Å². The fourth-order valence-corrected chi connectivity index (χ4v) is 2.49. The summed E-state index contributed by atoms with van der Waals surface area (Å²) >= 11 is 5.93. The van der Waals surface area contributed by atoms with Crippen LogP contribution in [0.3, 0.4) is 0 Å². The number of nitrogens with zero attached hydrogens (tertiary/aromatic N) is 2. The SMILES string of the molecule is C=CCNC(=O)C(=O)N/N=C\c1cc(C)n(-c2ccc(Cl)cc2)c1C. The van der Waals surface area contributed by atoms with Crippen molar-refractivity contribution in [2.24, 2.45) is 5.10 Å². The highest BCUT2D eigenvalue weighted by atomic mass is 35.5. The summed E-state index contributed by atoms with van der Waals surface area (Å²) in [6.07, 6.45) is 2.99.